The first kappa shape index (κ1) is 20.8. The van der Waals surface area contributed by atoms with Gasteiger partial charge in [0.05, 0.1) is 12.0 Å². The Labute approximate surface area is 181 Å². The summed E-state index contributed by atoms with van der Waals surface area (Å²) in [5, 5.41) is 13.0. The van der Waals surface area contributed by atoms with Crippen LogP contribution in [0.2, 0.25) is 0 Å². The minimum absolute atomic E-state index is 0.104. The zero-order chi connectivity index (χ0) is 21.8. The van der Waals surface area contributed by atoms with E-state index in [4.69, 9.17) is 15.6 Å². The third-order valence-corrected chi connectivity index (χ3v) is 5.16. The molecule has 0 aliphatic carbocycles. The van der Waals surface area contributed by atoms with E-state index in [2.05, 4.69) is 39.9 Å². The van der Waals surface area contributed by atoms with E-state index in [1.54, 1.807) is 0 Å². The molecule has 0 aliphatic rings. The number of para-hydroxylation sites is 1. The Morgan fingerprint density at radius 1 is 1.10 bits per heavy atom. The molecule has 0 spiro atoms. The summed E-state index contributed by atoms with van der Waals surface area (Å²) in [5.74, 6) is 2.01. The maximum absolute atomic E-state index is 8.97. The van der Waals surface area contributed by atoms with Crippen molar-refractivity contribution in [2.24, 2.45) is 0 Å². The summed E-state index contributed by atoms with van der Waals surface area (Å²) in [5.41, 5.74) is 10.1. The quantitative estimate of drug-likeness (QED) is 0.373. The van der Waals surface area contributed by atoms with Crippen LogP contribution in [0.3, 0.4) is 0 Å². The predicted molar refractivity (Wildman–Crippen MR) is 123 cm³/mol. The number of rotatable bonds is 8. The zero-order valence-corrected chi connectivity index (χ0v) is 17.7. The molecule has 7 heteroatoms. The van der Waals surface area contributed by atoms with Gasteiger partial charge in [-0.3, -0.25) is 0 Å². The number of fused-ring (bicyclic) bond motifs is 1. The second kappa shape index (κ2) is 9.16. The molecule has 2 aromatic heterocycles. The van der Waals surface area contributed by atoms with Crippen LogP contribution in [0, 0.1) is 0 Å². The Bertz CT molecular complexity index is 1170. The number of aliphatic hydroxyl groups is 1. The van der Waals surface area contributed by atoms with Crippen LogP contribution in [0.15, 0.2) is 61.1 Å². The minimum atomic E-state index is 0.104. The molecule has 0 aliphatic heterocycles. The number of anilines is 1. The molecule has 2 aromatic carbocycles. The van der Waals surface area contributed by atoms with E-state index in [0.717, 1.165) is 39.2 Å². The van der Waals surface area contributed by atoms with Gasteiger partial charge in [-0.2, -0.15) is 0 Å². The molecule has 0 atom stereocenters. The Morgan fingerprint density at radius 2 is 1.87 bits per heavy atom. The topological polar surface area (TPSA) is 98.2 Å². The molecule has 0 unspecified atom stereocenters. The molecule has 0 saturated heterocycles. The second-order valence-corrected chi connectivity index (χ2v) is 7.64. The van der Waals surface area contributed by atoms with Crippen molar-refractivity contribution in [2.45, 2.75) is 26.4 Å². The van der Waals surface area contributed by atoms with Gasteiger partial charge < -0.3 is 25.5 Å². The molecule has 7 nitrogen and oxygen atoms in total. The second-order valence-electron chi connectivity index (χ2n) is 7.64. The average molecular weight is 418 g/mol. The van der Waals surface area contributed by atoms with Gasteiger partial charge in [-0.05, 0) is 37.6 Å². The Hall–Kier alpha value is -3.42. The maximum atomic E-state index is 8.97. The summed E-state index contributed by atoms with van der Waals surface area (Å²) in [4.78, 5) is 8.64. The predicted octanol–water partition coefficient (Wildman–Crippen LogP) is 4.14. The number of nitrogens with one attached hydrogen (secondary N) is 1. The third-order valence-electron chi connectivity index (χ3n) is 5.16. The van der Waals surface area contributed by atoms with Gasteiger partial charge in [-0.15, -0.1) is 0 Å². The Kier molecular flexibility index (Phi) is 6.16. The van der Waals surface area contributed by atoms with Crippen molar-refractivity contribution < 1.29 is 9.84 Å². The van der Waals surface area contributed by atoms with E-state index in [1.807, 2.05) is 48.5 Å². The van der Waals surface area contributed by atoms with Crippen molar-refractivity contribution in [3.05, 3.63) is 66.6 Å². The van der Waals surface area contributed by atoms with Gasteiger partial charge in [0, 0.05) is 36.5 Å². The summed E-state index contributed by atoms with van der Waals surface area (Å²) in [6, 6.07) is 16.1. The molecule has 0 amide bonds. The Balaban J connectivity index is 1.62. The zero-order valence-electron chi connectivity index (χ0n) is 17.7. The number of hydrogen-bond donors (Lipinski definition) is 3. The number of nitrogen functional groups attached to an aromatic ring is 1. The highest BCUT2D eigenvalue weighted by Crippen LogP contribution is 2.35. The van der Waals surface area contributed by atoms with Crippen LogP contribution in [0.5, 0.6) is 11.5 Å². The van der Waals surface area contributed by atoms with Crippen molar-refractivity contribution in [2.75, 3.05) is 18.9 Å². The first-order valence-corrected chi connectivity index (χ1v) is 10.4. The van der Waals surface area contributed by atoms with Gasteiger partial charge in [-0.1, -0.05) is 30.3 Å². The largest absolute Gasteiger partial charge is 0.457 e. The third kappa shape index (κ3) is 4.38. The lowest BCUT2D eigenvalue weighted by atomic mass is 10.1. The molecule has 2 heterocycles. The lowest BCUT2D eigenvalue weighted by Crippen LogP contribution is -2.17. The maximum Gasteiger partial charge on any atom is 0.146 e. The molecule has 0 saturated carbocycles. The fourth-order valence-corrected chi connectivity index (χ4v) is 3.60. The fraction of sp³-hybridized carbons (Fsp3) is 0.250. The summed E-state index contributed by atoms with van der Waals surface area (Å²) in [7, 11) is 0. The monoisotopic (exact) mass is 417 g/mol. The highest BCUT2D eigenvalue weighted by Gasteiger charge is 2.16. The number of hydrogen-bond acceptors (Lipinski definition) is 6. The van der Waals surface area contributed by atoms with Crippen LogP contribution in [0.4, 0.5) is 5.82 Å². The fourth-order valence-electron chi connectivity index (χ4n) is 3.60. The van der Waals surface area contributed by atoms with E-state index >= 15 is 0 Å². The molecule has 4 N–H and O–H groups in total. The van der Waals surface area contributed by atoms with Crippen molar-refractivity contribution in [1.29, 1.82) is 0 Å². The summed E-state index contributed by atoms with van der Waals surface area (Å²) >= 11 is 0. The van der Waals surface area contributed by atoms with Gasteiger partial charge in [-0.25, -0.2) is 9.97 Å². The number of aliphatic hydroxyl groups excluding tert-OH is 1. The minimum Gasteiger partial charge on any atom is -0.457 e. The lowest BCUT2D eigenvalue weighted by molar-refractivity contribution is 0.291. The normalized spacial score (nSPS) is 11.4. The first-order chi connectivity index (χ1) is 15.1. The lowest BCUT2D eigenvalue weighted by Gasteiger charge is -2.12. The Morgan fingerprint density at radius 3 is 2.61 bits per heavy atom. The first-order valence-electron chi connectivity index (χ1n) is 10.4. The molecule has 160 valence electrons. The van der Waals surface area contributed by atoms with Crippen molar-refractivity contribution in [1.82, 2.24) is 19.9 Å². The van der Waals surface area contributed by atoms with Gasteiger partial charge in [0.2, 0.25) is 0 Å². The van der Waals surface area contributed by atoms with Crippen LogP contribution >= 0.6 is 0 Å². The van der Waals surface area contributed by atoms with E-state index in [0.29, 0.717) is 18.9 Å². The molecular formula is C24H27N5O2. The summed E-state index contributed by atoms with van der Waals surface area (Å²) in [6.07, 6.45) is 3.59. The van der Waals surface area contributed by atoms with Crippen molar-refractivity contribution in [3.63, 3.8) is 0 Å². The summed E-state index contributed by atoms with van der Waals surface area (Å²) in [6.45, 7) is 5.51. The molecule has 31 heavy (non-hydrogen) atoms. The van der Waals surface area contributed by atoms with Gasteiger partial charge in [0.1, 0.15) is 29.3 Å². The van der Waals surface area contributed by atoms with Crippen LogP contribution in [0.25, 0.3) is 22.2 Å². The molecule has 0 bridgehead atoms. The number of ether oxygens (including phenoxy) is 1. The van der Waals surface area contributed by atoms with Gasteiger partial charge in [0.15, 0.2) is 0 Å². The number of nitrogens with two attached hydrogens (primary N) is 1. The van der Waals surface area contributed by atoms with Crippen LogP contribution in [-0.4, -0.2) is 32.8 Å². The summed E-state index contributed by atoms with van der Waals surface area (Å²) < 4.78 is 8.24. The molecular weight excluding hydrogens is 390 g/mol. The van der Waals surface area contributed by atoms with Crippen molar-refractivity contribution >= 4 is 16.9 Å². The highest BCUT2D eigenvalue weighted by atomic mass is 16.5. The van der Waals surface area contributed by atoms with E-state index in [9.17, 15) is 0 Å². The molecule has 0 fully saturated rings. The van der Waals surface area contributed by atoms with E-state index < -0.39 is 0 Å². The SMILES string of the molecule is CC(C)n1cc(-c2ccc(Oc3ccccc3CNCCO)cc2)c2c(N)ncnc21. The average Bonchev–Trinajstić information content (AvgIpc) is 3.17. The number of nitrogens with zero attached hydrogens (tertiary/aromatic N) is 3. The van der Waals surface area contributed by atoms with Crippen LogP contribution in [-0.2, 0) is 6.54 Å². The molecule has 4 aromatic rings. The van der Waals surface area contributed by atoms with Gasteiger partial charge >= 0.3 is 0 Å². The number of aromatic nitrogens is 3. The van der Waals surface area contributed by atoms with Gasteiger partial charge in [0.25, 0.3) is 0 Å². The molecule has 4 rings (SSSR count). The standard InChI is InChI=1S/C24H27N5O2/c1-16(2)29-14-20(22-23(25)27-15-28-24(22)29)17-7-9-19(10-8-17)31-21-6-4-3-5-18(21)13-26-11-12-30/h3-10,14-16,26,30H,11-13H2,1-2H3,(H2,25,27,28). The smallest absolute Gasteiger partial charge is 0.146 e. The number of benzene rings is 2. The highest BCUT2D eigenvalue weighted by molar-refractivity contribution is 6.00. The molecule has 0 radical (unpaired) electrons. The van der Waals surface area contributed by atoms with Crippen LogP contribution < -0.4 is 15.8 Å². The van der Waals surface area contributed by atoms with E-state index in [1.165, 1.54) is 6.33 Å². The van der Waals surface area contributed by atoms with Crippen LogP contribution in [0.1, 0.15) is 25.5 Å². The van der Waals surface area contributed by atoms with E-state index in [-0.39, 0.29) is 12.6 Å². The van der Waals surface area contributed by atoms with Crippen molar-refractivity contribution in [3.8, 4) is 22.6 Å².